The Kier molecular flexibility index (Phi) is 3.04. The lowest BCUT2D eigenvalue weighted by Gasteiger charge is -2.20. The van der Waals surface area contributed by atoms with E-state index in [0.29, 0.717) is 19.3 Å². The number of aldehydes is 1. The van der Waals surface area contributed by atoms with Crippen LogP contribution in [0.5, 0.6) is 0 Å². The van der Waals surface area contributed by atoms with E-state index in [1.54, 1.807) is 0 Å². The molecule has 0 aromatic rings. The summed E-state index contributed by atoms with van der Waals surface area (Å²) in [5, 5.41) is 8.64. The second-order valence-corrected chi connectivity index (χ2v) is 2.57. The number of ether oxygens (including phenoxy) is 1. The zero-order valence-corrected chi connectivity index (χ0v) is 6.60. The van der Waals surface area contributed by atoms with Crippen LogP contribution in [0.25, 0.3) is 0 Å². The van der Waals surface area contributed by atoms with E-state index in [2.05, 4.69) is 0 Å². The molecule has 1 aliphatic rings. The molecule has 0 bridgehead atoms. The molecule has 1 heterocycles. The summed E-state index contributed by atoms with van der Waals surface area (Å²) >= 11 is 0. The molecule has 0 saturated carbocycles. The molecule has 1 amide bonds. The van der Waals surface area contributed by atoms with Crippen molar-refractivity contribution < 1.29 is 19.4 Å². The average molecular weight is 173 g/mol. The van der Waals surface area contributed by atoms with E-state index in [0.717, 1.165) is 6.42 Å². The summed E-state index contributed by atoms with van der Waals surface area (Å²) in [6, 6.07) is 0. The molecule has 1 rings (SSSR count). The van der Waals surface area contributed by atoms with Gasteiger partial charge in [-0.3, -0.25) is 4.90 Å². The fourth-order valence-corrected chi connectivity index (χ4v) is 1.28. The maximum atomic E-state index is 10.5. The molecule has 0 radical (unpaired) electrons. The quantitative estimate of drug-likeness (QED) is 0.623. The zero-order valence-electron chi connectivity index (χ0n) is 6.60. The number of carbonyl (C=O) groups is 2. The molecule has 0 aromatic heterocycles. The van der Waals surface area contributed by atoms with Gasteiger partial charge in [0.2, 0.25) is 0 Å². The van der Waals surface area contributed by atoms with Crippen molar-refractivity contribution >= 4 is 12.4 Å². The second-order valence-electron chi connectivity index (χ2n) is 2.57. The Morgan fingerprint density at radius 1 is 1.75 bits per heavy atom. The number of carbonyl (C=O) groups excluding carboxylic acids is 1. The van der Waals surface area contributed by atoms with Gasteiger partial charge in [-0.05, 0) is 12.8 Å². The highest BCUT2D eigenvalue weighted by atomic mass is 16.5. The predicted molar refractivity (Wildman–Crippen MR) is 39.8 cm³/mol. The van der Waals surface area contributed by atoms with Crippen molar-refractivity contribution in [3.63, 3.8) is 0 Å². The van der Waals surface area contributed by atoms with Crippen LogP contribution in [0.1, 0.15) is 12.8 Å². The fourth-order valence-electron chi connectivity index (χ4n) is 1.28. The largest absolute Gasteiger partial charge is 0.465 e. The lowest BCUT2D eigenvalue weighted by Crippen LogP contribution is -2.36. The molecule has 1 unspecified atom stereocenters. The summed E-state index contributed by atoms with van der Waals surface area (Å²) in [7, 11) is 0. The highest BCUT2D eigenvalue weighted by Crippen LogP contribution is 2.17. The number of amides is 1. The van der Waals surface area contributed by atoms with E-state index < -0.39 is 12.3 Å². The number of nitrogens with zero attached hydrogens (tertiary/aromatic N) is 1. The first-order chi connectivity index (χ1) is 5.75. The number of likely N-dealkylation sites (tertiary alicyclic amines) is 1. The van der Waals surface area contributed by atoms with Crippen LogP contribution < -0.4 is 0 Å². The third kappa shape index (κ3) is 1.94. The molecule has 0 aliphatic carbocycles. The molecule has 1 N–H and O–H groups in total. The lowest BCUT2D eigenvalue weighted by atomic mass is 10.4. The van der Waals surface area contributed by atoms with Crippen LogP contribution in [-0.4, -0.2) is 41.8 Å². The van der Waals surface area contributed by atoms with Gasteiger partial charge in [0.1, 0.15) is 19.1 Å². The summed E-state index contributed by atoms with van der Waals surface area (Å²) in [6.45, 7) is 0.466. The SMILES string of the molecule is O=CCOC1CCCN1C(=O)O. The van der Waals surface area contributed by atoms with Crippen molar-refractivity contribution in [3.05, 3.63) is 0 Å². The van der Waals surface area contributed by atoms with Crippen LogP contribution in [0.4, 0.5) is 4.79 Å². The van der Waals surface area contributed by atoms with E-state index in [4.69, 9.17) is 9.84 Å². The zero-order chi connectivity index (χ0) is 8.97. The normalized spacial score (nSPS) is 22.7. The molecular weight excluding hydrogens is 162 g/mol. The summed E-state index contributed by atoms with van der Waals surface area (Å²) in [5.74, 6) is 0. The molecule has 1 atom stereocenters. The van der Waals surface area contributed by atoms with Crippen LogP contribution in [0, 0.1) is 0 Å². The molecule has 1 aliphatic heterocycles. The molecule has 1 fully saturated rings. The molecule has 5 heteroatoms. The van der Waals surface area contributed by atoms with Gasteiger partial charge in [-0.15, -0.1) is 0 Å². The molecule has 5 nitrogen and oxygen atoms in total. The molecular formula is C7H11NO4. The van der Waals surface area contributed by atoms with Gasteiger partial charge in [0.05, 0.1) is 0 Å². The number of hydrogen-bond donors (Lipinski definition) is 1. The molecule has 12 heavy (non-hydrogen) atoms. The molecule has 0 spiro atoms. The van der Waals surface area contributed by atoms with E-state index in [9.17, 15) is 9.59 Å². The van der Waals surface area contributed by atoms with Crippen LogP contribution in [-0.2, 0) is 9.53 Å². The van der Waals surface area contributed by atoms with Crippen molar-refractivity contribution in [2.75, 3.05) is 13.2 Å². The smallest absolute Gasteiger partial charge is 0.409 e. The Hall–Kier alpha value is -1.10. The first-order valence-corrected chi connectivity index (χ1v) is 3.80. The number of rotatable bonds is 3. The molecule has 68 valence electrons. The highest BCUT2D eigenvalue weighted by Gasteiger charge is 2.28. The predicted octanol–water partition coefficient (Wildman–Crippen LogP) is 0.302. The van der Waals surface area contributed by atoms with Crippen LogP contribution in [0.3, 0.4) is 0 Å². The lowest BCUT2D eigenvalue weighted by molar-refractivity contribution is -0.116. The maximum Gasteiger partial charge on any atom is 0.409 e. The third-order valence-electron chi connectivity index (χ3n) is 1.80. The van der Waals surface area contributed by atoms with E-state index >= 15 is 0 Å². The van der Waals surface area contributed by atoms with Crippen LogP contribution in [0.15, 0.2) is 0 Å². The highest BCUT2D eigenvalue weighted by molar-refractivity contribution is 5.65. The topological polar surface area (TPSA) is 66.8 Å². The summed E-state index contributed by atoms with van der Waals surface area (Å²) < 4.78 is 5.00. The van der Waals surface area contributed by atoms with Gasteiger partial charge >= 0.3 is 6.09 Å². The average Bonchev–Trinajstić information content (AvgIpc) is 2.48. The minimum absolute atomic E-state index is 0.0333. The van der Waals surface area contributed by atoms with Gasteiger partial charge in [-0.2, -0.15) is 0 Å². The van der Waals surface area contributed by atoms with Gasteiger partial charge in [-0.1, -0.05) is 0 Å². The Labute approximate surface area is 69.9 Å². The Bertz CT molecular complexity index is 182. The maximum absolute atomic E-state index is 10.5. The van der Waals surface area contributed by atoms with E-state index in [1.807, 2.05) is 0 Å². The van der Waals surface area contributed by atoms with Crippen LogP contribution >= 0.6 is 0 Å². The number of carboxylic acid groups (broad SMARTS) is 1. The standard InChI is InChI=1S/C7H11NO4/c9-4-5-12-6-2-1-3-8(6)7(10)11/h4,6H,1-3,5H2,(H,10,11). The third-order valence-corrected chi connectivity index (χ3v) is 1.80. The Morgan fingerprint density at radius 2 is 2.50 bits per heavy atom. The van der Waals surface area contributed by atoms with E-state index in [1.165, 1.54) is 4.90 Å². The van der Waals surface area contributed by atoms with Gasteiger partial charge < -0.3 is 14.6 Å². The van der Waals surface area contributed by atoms with Crippen molar-refractivity contribution in [3.8, 4) is 0 Å². The van der Waals surface area contributed by atoms with Crippen molar-refractivity contribution in [2.45, 2.75) is 19.1 Å². The minimum atomic E-state index is -0.983. The Morgan fingerprint density at radius 3 is 3.08 bits per heavy atom. The second kappa shape index (κ2) is 4.06. The minimum Gasteiger partial charge on any atom is -0.465 e. The van der Waals surface area contributed by atoms with Crippen LogP contribution in [0.2, 0.25) is 0 Å². The summed E-state index contributed by atoms with van der Waals surface area (Å²) in [4.78, 5) is 21.7. The number of hydrogen-bond acceptors (Lipinski definition) is 3. The first kappa shape index (κ1) is 8.99. The monoisotopic (exact) mass is 173 g/mol. The van der Waals surface area contributed by atoms with Gasteiger partial charge in [0.25, 0.3) is 0 Å². The first-order valence-electron chi connectivity index (χ1n) is 3.80. The molecule has 0 aromatic carbocycles. The Balaban J connectivity index is 2.40. The van der Waals surface area contributed by atoms with Crippen molar-refractivity contribution in [1.29, 1.82) is 0 Å². The summed E-state index contributed by atoms with van der Waals surface area (Å²) in [6.07, 6.45) is 0.699. The fraction of sp³-hybridized carbons (Fsp3) is 0.714. The summed E-state index contributed by atoms with van der Waals surface area (Å²) in [5.41, 5.74) is 0. The molecule has 1 saturated heterocycles. The van der Waals surface area contributed by atoms with Gasteiger partial charge in [0, 0.05) is 6.54 Å². The van der Waals surface area contributed by atoms with Gasteiger partial charge in [0.15, 0.2) is 0 Å². The van der Waals surface area contributed by atoms with Crippen molar-refractivity contribution in [1.82, 2.24) is 4.90 Å². The van der Waals surface area contributed by atoms with Gasteiger partial charge in [-0.25, -0.2) is 4.79 Å². The van der Waals surface area contributed by atoms with Crippen molar-refractivity contribution in [2.24, 2.45) is 0 Å². The van der Waals surface area contributed by atoms with E-state index in [-0.39, 0.29) is 6.61 Å².